The number of aryl methyl sites for hydroxylation is 2. The fourth-order valence-electron chi connectivity index (χ4n) is 5.57. The minimum atomic E-state index is -1.15. The first-order chi connectivity index (χ1) is 18.5. The summed E-state index contributed by atoms with van der Waals surface area (Å²) in [5.74, 6) is 0.633. The fraction of sp³-hybridized carbons (Fsp3) is 0.607. The van der Waals surface area contributed by atoms with Crippen LogP contribution in [0.5, 0.6) is 0 Å². The molecule has 0 bridgehead atoms. The number of pyridine rings is 1. The predicted molar refractivity (Wildman–Crippen MR) is 157 cm³/mol. The predicted octanol–water partition coefficient (Wildman–Crippen LogP) is 3.12. The molecule has 1 saturated heterocycles. The average molecular weight is 572 g/mol. The molecule has 1 aliphatic carbocycles. The summed E-state index contributed by atoms with van der Waals surface area (Å²) in [5, 5.41) is 39.5. The Balaban J connectivity index is 0.00000370. The van der Waals surface area contributed by atoms with Gasteiger partial charge >= 0.3 is 0 Å². The third kappa shape index (κ3) is 6.04. The van der Waals surface area contributed by atoms with Crippen molar-refractivity contribution in [2.45, 2.75) is 84.7 Å². The summed E-state index contributed by atoms with van der Waals surface area (Å²) in [6.45, 7) is 9.21. The van der Waals surface area contributed by atoms with E-state index in [1.165, 1.54) is 11.3 Å². The maximum Gasteiger partial charge on any atom is 0.224 e. The number of carbonyl (C=O) groups excluding carboxylic acids is 1. The summed E-state index contributed by atoms with van der Waals surface area (Å²) in [5.41, 5.74) is 1.93. The van der Waals surface area contributed by atoms with Crippen LogP contribution in [0.2, 0.25) is 0 Å². The number of carbonyl (C=O) groups is 1. The lowest BCUT2D eigenvalue weighted by molar-refractivity contribution is -0.127. The van der Waals surface area contributed by atoms with Crippen LogP contribution in [-0.2, 0) is 4.79 Å². The Bertz CT molecular complexity index is 1360. The van der Waals surface area contributed by atoms with E-state index in [0.29, 0.717) is 43.4 Å². The topological polar surface area (TPSA) is 157 Å². The Morgan fingerprint density at radius 2 is 1.93 bits per heavy atom. The minimum Gasteiger partial charge on any atom is -0.390 e. The van der Waals surface area contributed by atoms with Crippen LogP contribution < -0.4 is 10.6 Å². The number of anilines is 2. The van der Waals surface area contributed by atoms with Crippen LogP contribution in [0.25, 0.3) is 20.8 Å². The molecule has 2 fully saturated rings. The van der Waals surface area contributed by atoms with Gasteiger partial charge in [-0.05, 0) is 53.0 Å². The molecule has 4 atom stereocenters. The highest BCUT2D eigenvalue weighted by molar-refractivity contribution is 7.21. The number of nitrogens with zero attached hydrogens (tertiary/aromatic N) is 5. The molecule has 0 unspecified atom stereocenters. The molecule has 1 saturated carbocycles. The molecular weight excluding hydrogens is 530 g/mol. The van der Waals surface area contributed by atoms with Gasteiger partial charge in [-0.25, -0.2) is 9.97 Å². The van der Waals surface area contributed by atoms with E-state index in [4.69, 9.17) is 15.0 Å². The first kappa shape index (κ1) is 30.0. The highest BCUT2D eigenvalue weighted by atomic mass is 32.1. The Labute approximate surface area is 239 Å². The standard InChI is InChI=1S/C27H37N7O4S.CH4/c1-14-20(25-32-21-15(2)28-10-8-18(21)39-25)24(31-17-13-16(27(3,4)38)22(36)23(17)37)33-26(30-14)29-9-6-12-34-11-5-7-19(34)35;/h8,10,16-17,22-23,36-38H,5-7,9,11-13H2,1-4H3,(H2,29,30,31,33);1H4/t16-,17+,22+,23-;/m0./s1. The molecule has 2 aliphatic rings. The lowest BCUT2D eigenvalue weighted by atomic mass is 9.88. The molecule has 40 heavy (non-hydrogen) atoms. The van der Waals surface area contributed by atoms with Crippen LogP contribution >= 0.6 is 11.3 Å². The molecule has 4 heterocycles. The van der Waals surface area contributed by atoms with Crippen LogP contribution in [-0.4, -0.2) is 89.5 Å². The number of rotatable bonds is 9. The molecule has 0 radical (unpaired) electrons. The van der Waals surface area contributed by atoms with Gasteiger partial charge in [0.05, 0.1) is 39.4 Å². The highest BCUT2D eigenvalue weighted by Gasteiger charge is 2.48. The third-order valence-corrected chi connectivity index (χ3v) is 8.80. The molecule has 11 nitrogen and oxygen atoms in total. The molecular formula is C28H41N7O4S. The molecule has 3 aromatic heterocycles. The third-order valence-electron chi connectivity index (χ3n) is 7.77. The van der Waals surface area contributed by atoms with Crippen molar-refractivity contribution < 1.29 is 20.1 Å². The molecule has 1 amide bonds. The Hall–Kier alpha value is -2.93. The van der Waals surface area contributed by atoms with E-state index < -0.39 is 29.8 Å². The Kier molecular flexibility index (Phi) is 8.93. The molecule has 5 N–H and O–H groups in total. The monoisotopic (exact) mass is 571 g/mol. The lowest BCUT2D eigenvalue weighted by Gasteiger charge is -2.28. The smallest absolute Gasteiger partial charge is 0.224 e. The van der Waals surface area contributed by atoms with Gasteiger partial charge in [-0.15, -0.1) is 11.3 Å². The van der Waals surface area contributed by atoms with Gasteiger partial charge in [0.2, 0.25) is 11.9 Å². The van der Waals surface area contributed by atoms with Gasteiger partial charge in [-0.3, -0.25) is 9.78 Å². The summed E-state index contributed by atoms with van der Waals surface area (Å²) in [7, 11) is 0. The first-order valence-corrected chi connectivity index (χ1v) is 14.3. The zero-order valence-electron chi connectivity index (χ0n) is 22.8. The van der Waals surface area contributed by atoms with Crippen molar-refractivity contribution in [2.75, 3.05) is 30.3 Å². The minimum absolute atomic E-state index is 0. The van der Waals surface area contributed by atoms with E-state index in [-0.39, 0.29) is 13.3 Å². The van der Waals surface area contributed by atoms with Gasteiger partial charge in [0, 0.05) is 38.2 Å². The van der Waals surface area contributed by atoms with Crippen LogP contribution in [0.1, 0.15) is 58.3 Å². The summed E-state index contributed by atoms with van der Waals surface area (Å²) in [4.78, 5) is 32.5. The van der Waals surface area contributed by atoms with E-state index >= 15 is 0 Å². The molecule has 218 valence electrons. The fourth-order valence-corrected chi connectivity index (χ4v) is 6.68. The van der Waals surface area contributed by atoms with Gasteiger partial charge in [-0.2, -0.15) is 4.98 Å². The second-order valence-electron chi connectivity index (χ2n) is 11.1. The molecule has 3 aromatic rings. The lowest BCUT2D eigenvalue weighted by Crippen LogP contribution is -2.40. The summed E-state index contributed by atoms with van der Waals surface area (Å²) < 4.78 is 1.000. The van der Waals surface area contributed by atoms with Gasteiger partial charge in [0.15, 0.2) is 0 Å². The van der Waals surface area contributed by atoms with Crippen molar-refractivity contribution >= 4 is 39.2 Å². The number of thiazole rings is 1. The first-order valence-electron chi connectivity index (χ1n) is 13.5. The second kappa shape index (κ2) is 11.9. The quantitative estimate of drug-likeness (QED) is 0.242. The summed E-state index contributed by atoms with van der Waals surface area (Å²) >= 11 is 1.52. The molecule has 0 aromatic carbocycles. The number of aliphatic hydroxyl groups is 3. The van der Waals surface area contributed by atoms with Crippen molar-refractivity contribution in [1.82, 2.24) is 24.8 Å². The number of likely N-dealkylation sites (tertiary alicyclic amines) is 1. The van der Waals surface area contributed by atoms with Gasteiger partial charge < -0.3 is 30.9 Å². The highest BCUT2D eigenvalue weighted by Crippen LogP contribution is 2.40. The van der Waals surface area contributed by atoms with Gasteiger partial charge in [-0.1, -0.05) is 7.43 Å². The van der Waals surface area contributed by atoms with Crippen LogP contribution in [0.4, 0.5) is 11.8 Å². The van der Waals surface area contributed by atoms with Crippen molar-refractivity contribution in [3.63, 3.8) is 0 Å². The van der Waals surface area contributed by atoms with Crippen LogP contribution in [0.15, 0.2) is 12.3 Å². The van der Waals surface area contributed by atoms with Crippen molar-refractivity contribution in [3.8, 4) is 10.6 Å². The number of amides is 1. The summed E-state index contributed by atoms with van der Waals surface area (Å²) in [6, 6.07) is 1.40. The van der Waals surface area contributed by atoms with Gasteiger partial charge in [0.25, 0.3) is 0 Å². The van der Waals surface area contributed by atoms with Crippen molar-refractivity contribution in [3.05, 3.63) is 23.7 Å². The van der Waals surface area contributed by atoms with Crippen molar-refractivity contribution in [1.29, 1.82) is 0 Å². The van der Waals surface area contributed by atoms with Crippen LogP contribution in [0, 0.1) is 19.8 Å². The van der Waals surface area contributed by atoms with E-state index in [9.17, 15) is 20.1 Å². The SMILES string of the molecule is C.Cc1nc(NCCCN2CCCC2=O)nc(N[C@@H]2C[C@H](C(C)(C)O)[C@@H](O)[C@H]2O)c1-c1nc2c(C)nccc2s1. The van der Waals surface area contributed by atoms with Gasteiger partial charge in [0.1, 0.15) is 22.4 Å². The second-order valence-corrected chi connectivity index (χ2v) is 12.1. The Morgan fingerprint density at radius 3 is 2.58 bits per heavy atom. The van der Waals surface area contributed by atoms with Crippen LogP contribution in [0.3, 0.4) is 0 Å². The number of nitrogens with one attached hydrogen (secondary N) is 2. The van der Waals surface area contributed by atoms with Crippen molar-refractivity contribution in [2.24, 2.45) is 5.92 Å². The molecule has 1 aliphatic heterocycles. The maximum atomic E-state index is 11.9. The number of fused-ring (bicyclic) bond motifs is 1. The molecule has 5 rings (SSSR count). The number of hydrogen-bond donors (Lipinski definition) is 5. The van der Waals surface area contributed by atoms with E-state index in [1.807, 2.05) is 24.8 Å². The van der Waals surface area contributed by atoms with E-state index in [1.54, 1.807) is 20.0 Å². The normalized spacial score (nSPS) is 23.1. The van der Waals surface area contributed by atoms with E-state index in [2.05, 4.69) is 15.6 Å². The Morgan fingerprint density at radius 1 is 1.15 bits per heavy atom. The molecule has 0 spiro atoms. The number of hydrogen-bond acceptors (Lipinski definition) is 11. The average Bonchev–Trinajstić information content (AvgIpc) is 3.56. The maximum absolute atomic E-state index is 11.9. The summed E-state index contributed by atoms with van der Waals surface area (Å²) in [6.07, 6.45) is 2.29. The number of aliphatic hydroxyl groups excluding tert-OH is 2. The van der Waals surface area contributed by atoms with E-state index in [0.717, 1.165) is 45.9 Å². The zero-order valence-corrected chi connectivity index (χ0v) is 23.6. The number of aromatic nitrogens is 4. The molecule has 12 heteroatoms. The zero-order chi connectivity index (χ0) is 27.9. The largest absolute Gasteiger partial charge is 0.390 e.